The third-order valence-electron chi connectivity index (χ3n) is 0.0861. The normalized spacial score (nSPS) is 4.80. The van der Waals surface area contributed by atoms with Crippen LogP contribution in [-0.2, 0) is 7.69 Å². The molecule has 0 spiro atoms. The van der Waals surface area contributed by atoms with Gasteiger partial charge in [0.2, 0.25) is 0 Å². The average molecular weight is 89.0 g/mol. The van der Waals surface area contributed by atoms with Crippen LogP contribution in [0.15, 0.2) is 5.34 Å². The molecule has 5 heavy (non-hydrogen) atoms. The standard InChI is InChI=1S/Al.HNO2.O/c;2-1-3;/h;(H,2,3);/q+1;;/p-1. The van der Waals surface area contributed by atoms with E-state index in [-0.39, 0.29) is 0 Å². The van der Waals surface area contributed by atoms with E-state index in [4.69, 9.17) is 8.71 Å². The first-order valence-electron chi connectivity index (χ1n) is 0.837. The minimum absolute atomic E-state index is 1.44. The molecule has 0 radical (unpaired) electrons. The molecule has 0 N–H and O–H groups in total. The Labute approximate surface area is 34.3 Å². The molecule has 0 rings (SSSR count). The zero-order valence-corrected chi connectivity index (χ0v) is 3.40. The van der Waals surface area contributed by atoms with Crippen molar-refractivity contribution in [3.63, 3.8) is 0 Å². The molecule has 0 aliphatic carbocycles. The molecule has 0 unspecified atom stereocenters. The average Bonchev–Trinajstić information content (AvgIpc) is 1.41. The van der Waals surface area contributed by atoms with Gasteiger partial charge in [-0.25, -0.2) is 0 Å². The van der Waals surface area contributed by atoms with Crippen LogP contribution >= 0.6 is 0 Å². The van der Waals surface area contributed by atoms with Crippen LogP contribution in [0.2, 0.25) is 0 Å². The zero-order valence-electron chi connectivity index (χ0n) is 2.25. The molecule has 0 fully saturated rings. The molecule has 0 aromatic rings. The van der Waals surface area contributed by atoms with Crippen LogP contribution in [0.4, 0.5) is 0 Å². The number of hydrogen-bond acceptors (Lipinski definition) is 4. The summed E-state index contributed by atoms with van der Waals surface area (Å²) < 4.78 is 12.5. The van der Waals surface area contributed by atoms with E-state index < -0.39 is 15.5 Å². The van der Waals surface area contributed by atoms with Gasteiger partial charge >= 0.3 is 33.4 Å². The van der Waals surface area contributed by atoms with Crippen molar-refractivity contribution >= 4 is 15.5 Å². The Morgan fingerprint density at radius 3 is 2.40 bits per heavy atom. The Morgan fingerprint density at radius 1 is 1.80 bits per heavy atom. The molecule has 0 atom stereocenters. The molecule has 0 saturated heterocycles. The van der Waals surface area contributed by atoms with Crippen molar-refractivity contribution in [3.05, 3.63) is 4.91 Å². The van der Waals surface area contributed by atoms with Gasteiger partial charge < -0.3 is 0 Å². The Bertz CT molecular complexity index is 36.2. The molecule has 0 amide bonds. The van der Waals surface area contributed by atoms with Crippen LogP contribution in [0.3, 0.4) is 0 Å². The van der Waals surface area contributed by atoms with Gasteiger partial charge in [0, 0.05) is 0 Å². The molecule has 0 heterocycles. The van der Waals surface area contributed by atoms with E-state index in [1.165, 1.54) is 0 Å². The Kier molecular flexibility index (Phi) is 3.53. The summed E-state index contributed by atoms with van der Waals surface area (Å²) in [5.74, 6) is 0. The molecule has 4 nitrogen and oxygen atoms in total. The molecule has 0 aliphatic heterocycles. The van der Waals surface area contributed by atoms with Crippen LogP contribution < -0.4 is 0 Å². The summed E-state index contributed by atoms with van der Waals surface area (Å²) in [4.78, 5) is 8.75. The van der Waals surface area contributed by atoms with Gasteiger partial charge in [0.15, 0.2) is 0 Å². The summed E-state index contributed by atoms with van der Waals surface area (Å²) in [5, 5.41) is 1.83. The van der Waals surface area contributed by atoms with Crippen LogP contribution in [0.1, 0.15) is 0 Å². The summed E-state index contributed by atoms with van der Waals surface area (Å²) in [5.41, 5.74) is 0. The van der Waals surface area contributed by atoms with Gasteiger partial charge in [0.05, 0.1) is 0 Å². The first-order chi connectivity index (χ1) is 2.41. The van der Waals surface area contributed by atoms with Gasteiger partial charge in [0.1, 0.15) is 0 Å². The third-order valence-corrected chi connectivity index (χ3v) is 0.258. The van der Waals surface area contributed by atoms with E-state index in [0.29, 0.717) is 0 Å². The van der Waals surface area contributed by atoms with Crippen molar-refractivity contribution in [1.82, 2.24) is 0 Å². The Morgan fingerprint density at radius 2 is 2.40 bits per heavy atom. The van der Waals surface area contributed by atoms with Crippen LogP contribution in [0, 0.1) is 4.91 Å². The number of rotatable bonds is 2. The summed E-state index contributed by atoms with van der Waals surface area (Å²) >= 11 is -1.44. The van der Waals surface area contributed by atoms with Crippen molar-refractivity contribution in [2.24, 2.45) is 5.34 Å². The molecular weight excluding hydrogens is 89.0 g/mol. The molecule has 5 heteroatoms. The van der Waals surface area contributed by atoms with E-state index >= 15 is 0 Å². The maximum atomic E-state index is 9.10. The fraction of sp³-hybridized carbons (Fsp3) is 0. The third kappa shape index (κ3) is 3.73. The van der Waals surface area contributed by atoms with Crippen molar-refractivity contribution in [2.75, 3.05) is 0 Å². The topological polar surface area (TPSA) is 55.7 Å². The van der Waals surface area contributed by atoms with Gasteiger partial charge in [-0.15, -0.1) is 0 Å². The molecule has 26 valence electrons. The summed E-state index contributed by atoms with van der Waals surface area (Å²) in [6.07, 6.45) is 0. The summed E-state index contributed by atoms with van der Waals surface area (Å²) in [7, 11) is 0. The zero-order chi connectivity index (χ0) is 4.12. The second kappa shape index (κ2) is 3.73. The monoisotopic (exact) mass is 89.0 g/mol. The molecule has 0 saturated carbocycles. The predicted molar refractivity (Wildman–Crippen MR) is 13.3 cm³/mol. The molecule has 0 aromatic carbocycles. The van der Waals surface area contributed by atoms with Crippen molar-refractivity contribution in [2.45, 2.75) is 0 Å². The Balaban J connectivity index is 2.65. The van der Waals surface area contributed by atoms with Crippen molar-refractivity contribution in [3.8, 4) is 0 Å². The van der Waals surface area contributed by atoms with Crippen molar-refractivity contribution in [1.29, 1.82) is 0 Å². The van der Waals surface area contributed by atoms with Crippen LogP contribution in [-0.4, -0.2) is 15.5 Å². The number of hydrogen-bond donors (Lipinski definition) is 0. The predicted octanol–water partition coefficient (Wildman–Crippen LogP) is -0.351. The van der Waals surface area contributed by atoms with E-state index in [1.54, 1.807) is 0 Å². The summed E-state index contributed by atoms with van der Waals surface area (Å²) in [6.45, 7) is 0. The molecule has 0 aliphatic rings. The first kappa shape index (κ1) is 4.73. The van der Waals surface area contributed by atoms with Crippen LogP contribution in [0.5, 0.6) is 0 Å². The first-order valence-corrected chi connectivity index (χ1v) is 1.78. The molecule has 0 aromatic heterocycles. The second-order valence-corrected chi connectivity index (χ2v) is 0.679. The van der Waals surface area contributed by atoms with Gasteiger partial charge in [-0.3, -0.25) is 0 Å². The molecular formula is AlNO3. The van der Waals surface area contributed by atoms with Crippen molar-refractivity contribution < 1.29 is 7.69 Å². The van der Waals surface area contributed by atoms with Gasteiger partial charge in [0.25, 0.3) is 0 Å². The van der Waals surface area contributed by atoms with Gasteiger partial charge in [-0.05, 0) is 0 Å². The number of nitrogens with zero attached hydrogens (tertiary/aromatic N) is 1. The Hall–Kier alpha value is -0.268. The fourth-order valence-electron chi connectivity index (χ4n) is 0.0176. The maximum absolute atomic E-state index is 9.10. The molecule has 0 bridgehead atoms. The van der Waals surface area contributed by atoms with E-state index in [1.807, 2.05) is 5.34 Å². The van der Waals surface area contributed by atoms with Crippen LogP contribution in [0.25, 0.3) is 0 Å². The van der Waals surface area contributed by atoms with E-state index in [9.17, 15) is 0 Å². The SMILES string of the molecule is O=N[O][Al]=[O]. The minimum atomic E-state index is -1.44. The van der Waals surface area contributed by atoms with Gasteiger partial charge in [-0.1, -0.05) is 0 Å². The fourth-order valence-corrected chi connectivity index (χ4v) is 0.0527. The summed E-state index contributed by atoms with van der Waals surface area (Å²) in [6, 6.07) is 0. The second-order valence-electron chi connectivity index (χ2n) is 0.276. The quantitative estimate of drug-likeness (QED) is 0.264. The van der Waals surface area contributed by atoms with Gasteiger partial charge in [-0.2, -0.15) is 0 Å². The van der Waals surface area contributed by atoms with E-state index in [0.717, 1.165) is 0 Å². The van der Waals surface area contributed by atoms with E-state index in [2.05, 4.69) is 3.89 Å².